The van der Waals surface area contributed by atoms with Gasteiger partial charge in [0.1, 0.15) is 11.6 Å². The van der Waals surface area contributed by atoms with Crippen LogP contribution in [-0.4, -0.2) is 22.6 Å². The van der Waals surface area contributed by atoms with Crippen molar-refractivity contribution in [3.63, 3.8) is 0 Å². The first-order valence-electron chi connectivity index (χ1n) is 9.34. The van der Waals surface area contributed by atoms with Crippen LogP contribution in [0.15, 0.2) is 24.4 Å². The van der Waals surface area contributed by atoms with Gasteiger partial charge in [-0.05, 0) is 30.9 Å². The molecule has 1 aliphatic rings. The average molecular weight is 430 g/mol. The summed E-state index contributed by atoms with van der Waals surface area (Å²) in [5.74, 6) is -3.03. The number of hydrogen-bond acceptors (Lipinski definition) is 5. The van der Waals surface area contributed by atoms with Gasteiger partial charge in [-0.1, -0.05) is 19.3 Å². The van der Waals surface area contributed by atoms with Gasteiger partial charge in [0.2, 0.25) is 5.95 Å². The van der Waals surface area contributed by atoms with E-state index >= 15 is 0 Å². The van der Waals surface area contributed by atoms with Crippen LogP contribution in [0, 0.1) is 17.6 Å². The van der Waals surface area contributed by atoms with Crippen LogP contribution in [0.3, 0.4) is 0 Å². The van der Waals surface area contributed by atoms with Crippen molar-refractivity contribution in [3.05, 3.63) is 41.7 Å². The van der Waals surface area contributed by atoms with Crippen LogP contribution in [0.25, 0.3) is 0 Å². The third-order valence-electron chi connectivity index (χ3n) is 4.60. The van der Waals surface area contributed by atoms with Crippen LogP contribution >= 0.6 is 0 Å². The summed E-state index contributed by atoms with van der Waals surface area (Å²) in [7, 11) is 0. The first kappa shape index (κ1) is 21.7. The number of carbonyl (C=O) groups excluding carboxylic acids is 1. The Kier molecular flexibility index (Phi) is 6.68. The van der Waals surface area contributed by atoms with E-state index in [1.807, 2.05) is 0 Å². The highest BCUT2D eigenvalue weighted by Gasteiger charge is 2.38. The molecule has 1 heterocycles. The second kappa shape index (κ2) is 9.23. The van der Waals surface area contributed by atoms with Gasteiger partial charge in [-0.25, -0.2) is 23.5 Å². The largest absolute Gasteiger partial charge is 0.437 e. The normalized spacial score (nSPS) is 15.0. The van der Waals surface area contributed by atoms with Gasteiger partial charge in [0.25, 0.3) is 0 Å². The zero-order valence-electron chi connectivity index (χ0n) is 15.7. The number of nitrogens with zero attached hydrogens (tertiary/aromatic N) is 2. The number of alkyl halides is 3. The van der Waals surface area contributed by atoms with Crippen molar-refractivity contribution in [2.45, 2.75) is 38.3 Å². The zero-order valence-corrected chi connectivity index (χ0v) is 15.7. The maximum atomic E-state index is 13.4. The highest BCUT2D eigenvalue weighted by Crippen LogP contribution is 2.35. The van der Waals surface area contributed by atoms with E-state index < -0.39 is 41.3 Å². The van der Waals surface area contributed by atoms with Crippen LogP contribution < -0.4 is 15.4 Å². The number of ether oxygens (including phenoxy) is 1. The number of rotatable bonds is 5. The first-order chi connectivity index (χ1) is 14.2. The van der Waals surface area contributed by atoms with Gasteiger partial charge in [-0.15, -0.1) is 0 Å². The van der Waals surface area contributed by atoms with Crippen LogP contribution in [0.1, 0.15) is 37.8 Å². The van der Waals surface area contributed by atoms with Crippen molar-refractivity contribution in [1.29, 1.82) is 0 Å². The number of amides is 1. The number of anilines is 2. The molecule has 0 spiro atoms. The summed E-state index contributed by atoms with van der Waals surface area (Å²) in [6, 6.07) is 2.34. The summed E-state index contributed by atoms with van der Waals surface area (Å²) in [4.78, 5) is 18.9. The maximum absolute atomic E-state index is 13.4. The molecule has 11 heteroatoms. The third kappa shape index (κ3) is 6.01. The predicted molar refractivity (Wildman–Crippen MR) is 97.3 cm³/mol. The number of halogens is 5. The van der Waals surface area contributed by atoms with Crippen LogP contribution in [0.5, 0.6) is 5.75 Å². The van der Waals surface area contributed by atoms with E-state index in [1.165, 1.54) is 0 Å². The van der Waals surface area contributed by atoms with Crippen molar-refractivity contribution in [3.8, 4) is 5.75 Å². The highest BCUT2D eigenvalue weighted by atomic mass is 19.4. The molecule has 1 amide bonds. The Balaban J connectivity index is 1.71. The standard InChI is InChI=1S/C19H19F5N4O2/c20-12-6-13(21)8-14(7-12)27-17-25-10-15(16(28-17)19(22,23)24)30-18(29)26-9-11-4-2-1-3-5-11/h6-8,10-11H,1-5,9H2,(H,26,29)(H,25,27,28). The van der Waals surface area contributed by atoms with Gasteiger partial charge in [0.15, 0.2) is 11.4 Å². The molecule has 0 radical (unpaired) electrons. The zero-order chi connectivity index (χ0) is 21.7. The number of carbonyl (C=O) groups is 1. The van der Waals surface area contributed by atoms with Crippen LogP contribution in [0.2, 0.25) is 0 Å². The van der Waals surface area contributed by atoms with Crippen molar-refractivity contribution < 1.29 is 31.5 Å². The van der Waals surface area contributed by atoms with Crippen molar-refractivity contribution in [2.24, 2.45) is 5.92 Å². The summed E-state index contributed by atoms with van der Waals surface area (Å²) in [5.41, 5.74) is -1.68. The summed E-state index contributed by atoms with van der Waals surface area (Å²) < 4.78 is 71.4. The van der Waals surface area contributed by atoms with Gasteiger partial charge >= 0.3 is 12.3 Å². The molecular formula is C19H19F5N4O2. The maximum Gasteiger partial charge on any atom is 0.437 e. The summed E-state index contributed by atoms with van der Waals surface area (Å²) in [5, 5.41) is 4.75. The summed E-state index contributed by atoms with van der Waals surface area (Å²) in [6.07, 6.45) is -0.192. The molecule has 0 saturated heterocycles. The van der Waals surface area contributed by atoms with Gasteiger partial charge in [-0.2, -0.15) is 13.2 Å². The number of hydrogen-bond donors (Lipinski definition) is 2. The fourth-order valence-corrected chi connectivity index (χ4v) is 3.22. The molecule has 1 saturated carbocycles. The molecular weight excluding hydrogens is 411 g/mol. The van der Waals surface area contributed by atoms with Crippen LogP contribution in [-0.2, 0) is 6.18 Å². The summed E-state index contributed by atoms with van der Waals surface area (Å²) >= 11 is 0. The SMILES string of the molecule is O=C(NCC1CCCCC1)Oc1cnc(Nc2cc(F)cc(F)c2)nc1C(F)(F)F. The minimum Gasteiger partial charge on any atom is -0.406 e. The smallest absolute Gasteiger partial charge is 0.406 e. The second-order valence-electron chi connectivity index (χ2n) is 6.96. The molecule has 1 fully saturated rings. The number of aromatic nitrogens is 2. The molecule has 0 bridgehead atoms. The lowest BCUT2D eigenvalue weighted by Gasteiger charge is -2.21. The molecule has 0 atom stereocenters. The number of benzene rings is 1. The fourth-order valence-electron chi connectivity index (χ4n) is 3.22. The van der Waals surface area contributed by atoms with Crippen molar-refractivity contribution >= 4 is 17.7 Å². The quantitative estimate of drug-likeness (QED) is 0.639. The van der Waals surface area contributed by atoms with Crippen LogP contribution in [0.4, 0.5) is 38.4 Å². The molecule has 3 rings (SSSR count). The van der Waals surface area contributed by atoms with Crippen molar-refractivity contribution in [2.75, 3.05) is 11.9 Å². The predicted octanol–water partition coefficient (Wildman–Crippen LogP) is 5.19. The molecule has 6 nitrogen and oxygen atoms in total. The first-order valence-corrected chi connectivity index (χ1v) is 9.34. The minimum absolute atomic E-state index is 0.181. The van der Waals surface area contributed by atoms with E-state index in [0.29, 0.717) is 18.8 Å². The lowest BCUT2D eigenvalue weighted by molar-refractivity contribution is -0.142. The molecule has 0 unspecified atom stereocenters. The molecule has 1 aromatic carbocycles. The Morgan fingerprint density at radius 3 is 2.40 bits per heavy atom. The molecule has 2 aromatic rings. The Hall–Kier alpha value is -2.98. The molecule has 1 aliphatic carbocycles. The monoisotopic (exact) mass is 430 g/mol. The highest BCUT2D eigenvalue weighted by molar-refractivity contribution is 5.70. The van der Waals surface area contributed by atoms with E-state index in [-0.39, 0.29) is 11.6 Å². The molecule has 30 heavy (non-hydrogen) atoms. The number of nitrogens with one attached hydrogen (secondary N) is 2. The van der Waals surface area contributed by atoms with Gasteiger partial charge in [-0.3, -0.25) is 0 Å². The van der Waals surface area contributed by atoms with Gasteiger partial charge in [0.05, 0.1) is 6.20 Å². The van der Waals surface area contributed by atoms with Gasteiger partial charge in [0, 0.05) is 18.3 Å². The Bertz CT molecular complexity index is 881. The average Bonchev–Trinajstić information content (AvgIpc) is 2.67. The molecule has 0 aliphatic heterocycles. The Labute approximate surface area is 168 Å². The minimum atomic E-state index is -4.95. The van der Waals surface area contributed by atoms with E-state index in [9.17, 15) is 26.7 Å². The lowest BCUT2D eigenvalue weighted by atomic mass is 9.89. The third-order valence-corrected chi connectivity index (χ3v) is 4.60. The second-order valence-corrected chi connectivity index (χ2v) is 6.96. The van der Waals surface area contributed by atoms with Crippen molar-refractivity contribution in [1.82, 2.24) is 15.3 Å². The van der Waals surface area contributed by atoms with E-state index in [2.05, 4.69) is 20.6 Å². The van der Waals surface area contributed by atoms with E-state index in [1.54, 1.807) is 0 Å². The van der Waals surface area contributed by atoms with Gasteiger partial charge < -0.3 is 15.4 Å². The molecule has 162 valence electrons. The van der Waals surface area contributed by atoms with E-state index in [4.69, 9.17) is 4.74 Å². The lowest BCUT2D eigenvalue weighted by Crippen LogP contribution is -2.33. The Morgan fingerprint density at radius 1 is 1.10 bits per heavy atom. The summed E-state index contributed by atoms with van der Waals surface area (Å²) in [6.45, 7) is 0.311. The molecule has 1 aromatic heterocycles. The Morgan fingerprint density at radius 2 is 1.77 bits per heavy atom. The fraction of sp³-hybridized carbons (Fsp3) is 0.421. The molecule has 2 N–H and O–H groups in total. The van der Waals surface area contributed by atoms with E-state index in [0.717, 1.165) is 44.2 Å². The topological polar surface area (TPSA) is 76.1 Å².